The largest absolute Gasteiger partial charge is 0.356 e. The number of allylic oxidation sites excluding steroid dienone is 3. The van der Waals surface area contributed by atoms with Gasteiger partial charge in [0, 0.05) is 14.2 Å². The Labute approximate surface area is 112 Å². The second kappa shape index (κ2) is 14.0. The molecule has 0 saturated carbocycles. The summed E-state index contributed by atoms with van der Waals surface area (Å²) in [5.41, 5.74) is 0. The number of methoxy groups -OCH3 is 2. The summed E-state index contributed by atoms with van der Waals surface area (Å²) >= 11 is 0. The van der Waals surface area contributed by atoms with E-state index >= 15 is 0 Å². The van der Waals surface area contributed by atoms with E-state index < -0.39 is 0 Å². The Bertz CT molecular complexity index is 267. The lowest BCUT2D eigenvalue weighted by Gasteiger charge is -2.12. The summed E-state index contributed by atoms with van der Waals surface area (Å²) in [6.07, 6.45) is 13.9. The molecule has 2 nitrogen and oxygen atoms in total. The topological polar surface area (TPSA) is 18.5 Å². The van der Waals surface area contributed by atoms with E-state index in [-0.39, 0.29) is 6.29 Å². The van der Waals surface area contributed by atoms with Crippen LogP contribution in [0.5, 0.6) is 0 Å². The molecule has 0 N–H and O–H groups in total. The zero-order chi connectivity index (χ0) is 13.5. The van der Waals surface area contributed by atoms with Crippen LogP contribution in [-0.4, -0.2) is 20.5 Å². The number of hydrogen-bond donors (Lipinski definition) is 0. The van der Waals surface area contributed by atoms with Gasteiger partial charge in [-0.05, 0) is 37.8 Å². The van der Waals surface area contributed by atoms with Crippen LogP contribution in [0.3, 0.4) is 0 Å². The summed E-state index contributed by atoms with van der Waals surface area (Å²) in [5, 5.41) is 0. The maximum absolute atomic E-state index is 5.14. The fraction of sp³-hybridized carbons (Fsp3) is 0.625. The zero-order valence-electron chi connectivity index (χ0n) is 11.8. The summed E-state index contributed by atoms with van der Waals surface area (Å²) in [5.74, 6) is 5.69. The minimum Gasteiger partial charge on any atom is -0.356 e. The molecular weight excluding hydrogens is 224 g/mol. The van der Waals surface area contributed by atoms with Crippen LogP contribution >= 0.6 is 0 Å². The molecule has 0 spiro atoms. The molecular formula is C16H26O2. The molecule has 0 aromatic rings. The van der Waals surface area contributed by atoms with Gasteiger partial charge in [-0.2, -0.15) is 0 Å². The van der Waals surface area contributed by atoms with Gasteiger partial charge in [0.1, 0.15) is 0 Å². The van der Waals surface area contributed by atoms with E-state index in [0.717, 1.165) is 12.8 Å². The Morgan fingerprint density at radius 3 is 2.33 bits per heavy atom. The van der Waals surface area contributed by atoms with E-state index in [1.807, 2.05) is 6.08 Å². The van der Waals surface area contributed by atoms with Crippen molar-refractivity contribution in [3.63, 3.8) is 0 Å². The Hall–Kier alpha value is -1.04. The molecule has 2 heteroatoms. The molecule has 0 radical (unpaired) electrons. The van der Waals surface area contributed by atoms with Crippen molar-refractivity contribution in [2.75, 3.05) is 14.2 Å². The second-order valence-corrected chi connectivity index (χ2v) is 4.14. The summed E-state index contributed by atoms with van der Waals surface area (Å²) in [6, 6.07) is 0. The lowest BCUT2D eigenvalue weighted by molar-refractivity contribution is -0.107. The van der Waals surface area contributed by atoms with Crippen LogP contribution in [0.2, 0.25) is 0 Å². The summed E-state index contributed by atoms with van der Waals surface area (Å²) in [6.45, 7) is 3.54. The van der Waals surface area contributed by atoms with E-state index in [1.54, 1.807) is 20.3 Å². The van der Waals surface area contributed by atoms with Crippen molar-refractivity contribution in [3.05, 3.63) is 24.8 Å². The highest BCUT2D eigenvalue weighted by Crippen LogP contribution is 2.10. The first-order valence-corrected chi connectivity index (χ1v) is 6.67. The minimum absolute atomic E-state index is 0.0311. The van der Waals surface area contributed by atoms with E-state index in [0.29, 0.717) is 0 Å². The average Bonchev–Trinajstić information content (AvgIpc) is 2.40. The van der Waals surface area contributed by atoms with E-state index in [4.69, 9.17) is 9.47 Å². The summed E-state index contributed by atoms with van der Waals surface area (Å²) in [4.78, 5) is 0. The lowest BCUT2D eigenvalue weighted by Crippen LogP contribution is -2.12. The first-order chi connectivity index (χ1) is 8.85. The maximum atomic E-state index is 5.14. The number of rotatable bonds is 10. The van der Waals surface area contributed by atoms with Gasteiger partial charge < -0.3 is 9.47 Å². The lowest BCUT2D eigenvalue weighted by atomic mass is 10.1. The van der Waals surface area contributed by atoms with Crippen molar-refractivity contribution in [1.29, 1.82) is 0 Å². The van der Waals surface area contributed by atoms with Crippen LogP contribution in [0.4, 0.5) is 0 Å². The van der Waals surface area contributed by atoms with Crippen molar-refractivity contribution < 1.29 is 9.47 Å². The molecule has 0 aliphatic heterocycles. The number of hydrogen-bond acceptors (Lipinski definition) is 2. The van der Waals surface area contributed by atoms with Crippen molar-refractivity contribution in [2.45, 2.75) is 51.2 Å². The Kier molecular flexibility index (Phi) is 13.2. The SMILES string of the molecule is C=CC#C/C=C/CCCCCCCC(OC)OC. The normalized spacial score (nSPS) is 10.6. The molecule has 0 fully saturated rings. The van der Waals surface area contributed by atoms with Gasteiger partial charge >= 0.3 is 0 Å². The first-order valence-electron chi connectivity index (χ1n) is 6.67. The van der Waals surface area contributed by atoms with Crippen LogP contribution in [-0.2, 0) is 9.47 Å². The first kappa shape index (κ1) is 17.0. The van der Waals surface area contributed by atoms with Crippen molar-refractivity contribution in [1.82, 2.24) is 0 Å². The average molecular weight is 250 g/mol. The van der Waals surface area contributed by atoms with Gasteiger partial charge in [-0.1, -0.05) is 43.8 Å². The monoisotopic (exact) mass is 250 g/mol. The third-order valence-electron chi connectivity index (χ3n) is 2.72. The molecule has 0 aromatic heterocycles. The smallest absolute Gasteiger partial charge is 0.156 e. The van der Waals surface area contributed by atoms with E-state index in [9.17, 15) is 0 Å². The molecule has 0 amide bonds. The van der Waals surface area contributed by atoms with Crippen LogP contribution in [0.1, 0.15) is 44.9 Å². The fourth-order valence-electron chi connectivity index (χ4n) is 1.68. The highest BCUT2D eigenvalue weighted by atomic mass is 16.7. The maximum Gasteiger partial charge on any atom is 0.156 e. The number of ether oxygens (including phenoxy) is 2. The highest BCUT2D eigenvalue weighted by molar-refractivity contribution is 5.21. The summed E-state index contributed by atoms with van der Waals surface area (Å²) < 4.78 is 10.3. The van der Waals surface area contributed by atoms with E-state index in [2.05, 4.69) is 24.5 Å². The molecule has 0 heterocycles. The van der Waals surface area contributed by atoms with Gasteiger partial charge in [-0.3, -0.25) is 0 Å². The molecule has 0 saturated heterocycles. The predicted molar refractivity (Wildman–Crippen MR) is 77.2 cm³/mol. The highest BCUT2D eigenvalue weighted by Gasteiger charge is 2.03. The predicted octanol–water partition coefficient (Wildman–Crippen LogP) is 4.08. The molecule has 0 aromatic carbocycles. The Morgan fingerprint density at radius 1 is 1.00 bits per heavy atom. The third-order valence-corrected chi connectivity index (χ3v) is 2.72. The second-order valence-electron chi connectivity index (χ2n) is 4.14. The van der Waals surface area contributed by atoms with Gasteiger partial charge in [0.15, 0.2) is 6.29 Å². The molecule has 0 unspecified atom stereocenters. The van der Waals surface area contributed by atoms with Crippen LogP contribution in [0.25, 0.3) is 0 Å². The molecule has 0 aliphatic rings. The fourth-order valence-corrected chi connectivity index (χ4v) is 1.68. The molecule has 0 bridgehead atoms. The summed E-state index contributed by atoms with van der Waals surface area (Å²) in [7, 11) is 3.38. The molecule has 0 aliphatic carbocycles. The molecule has 102 valence electrons. The Balaban J connectivity index is 3.25. The molecule has 18 heavy (non-hydrogen) atoms. The van der Waals surface area contributed by atoms with Crippen molar-refractivity contribution in [3.8, 4) is 11.8 Å². The van der Waals surface area contributed by atoms with Crippen molar-refractivity contribution in [2.24, 2.45) is 0 Å². The molecule has 0 atom stereocenters. The minimum atomic E-state index is -0.0311. The quantitative estimate of drug-likeness (QED) is 0.330. The third kappa shape index (κ3) is 11.4. The Morgan fingerprint density at radius 2 is 1.67 bits per heavy atom. The van der Waals surface area contributed by atoms with Gasteiger partial charge in [-0.25, -0.2) is 0 Å². The van der Waals surface area contributed by atoms with E-state index in [1.165, 1.54) is 32.1 Å². The van der Waals surface area contributed by atoms with Gasteiger partial charge in [0.2, 0.25) is 0 Å². The van der Waals surface area contributed by atoms with Gasteiger partial charge in [0.05, 0.1) is 0 Å². The standard InChI is InChI=1S/C16H26O2/c1-4-5-6-7-8-9-10-11-12-13-14-15-16(17-2)18-3/h4,7-8,16H,1,9-15H2,2-3H3/b8-7+. The van der Waals surface area contributed by atoms with Crippen LogP contribution < -0.4 is 0 Å². The van der Waals surface area contributed by atoms with Crippen LogP contribution in [0.15, 0.2) is 24.8 Å². The molecule has 0 rings (SSSR count). The van der Waals surface area contributed by atoms with Crippen molar-refractivity contribution >= 4 is 0 Å². The van der Waals surface area contributed by atoms with Gasteiger partial charge in [0.25, 0.3) is 0 Å². The van der Waals surface area contributed by atoms with Crippen LogP contribution in [0, 0.1) is 11.8 Å². The van der Waals surface area contributed by atoms with Gasteiger partial charge in [-0.15, -0.1) is 0 Å². The number of unbranched alkanes of at least 4 members (excludes halogenated alkanes) is 5. The zero-order valence-corrected chi connectivity index (χ0v) is 11.8.